The van der Waals surface area contributed by atoms with Gasteiger partial charge in [0.1, 0.15) is 11.8 Å². The van der Waals surface area contributed by atoms with Gasteiger partial charge in [0.2, 0.25) is 0 Å². The summed E-state index contributed by atoms with van der Waals surface area (Å²) in [7, 11) is 1.11. The normalized spacial score (nSPS) is 11.7. The molecule has 0 saturated carbocycles. The second-order valence-electron chi connectivity index (χ2n) is 5.14. The minimum Gasteiger partial charge on any atom is -0.508 e. The first-order chi connectivity index (χ1) is 11.8. The molecule has 5 nitrogen and oxygen atoms in total. The topological polar surface area (TPSA) is 75.6 Å². The summed E-state index contributed by atoms with van der Waals surface area (Å²) in [6.07, 6.45) is -0.00993. The van der Waals surface area contributed by atoms with E-state index in [0.717, 1.165) is 13.2 Å². The van der Waals surface area contributed by atoms with Crippen LogP contribution in [-0.2, 0) is 16.0 Å². The SMILES string of the molecule is COC(=O)C(Cc1ccc(O)cc1)NC(=O)c1ccc(F)c(F)c1F. The Hall–Kier alpha value is -3.03. The molecule has 0 spiro atoms. The Morgan fingerprint density at radius 1 is 1.08 bits per heavy atom. The number of phenolic OH excluding ortho intramolecular Hbond substituents is 1. The number of amides is 1. The number of hydrogen-bond acceptors (Lipinski definition) is 4. The molecule has 0 fully saturated rings. The van der Waals surface area contributed by atoms with E-state index in [4.69, 9.17) is 0 Å². The summed E-state index contributed by atoms with van der Waals surface area (Å²) in [5.74, 6) is -6.73. The van der Waals surface area contributed by atoms with Gasteiger partial charge >= 0.3 is 5.97 Å². The van der Waals surface area contributed by atoms with Crippen LogP contribution in [0.5, 0.6) is 5.75 Å². The van der Waals surface area contributed by atoms with Gasteiger partial charge in [-0.3, -0.25) is 4.79 Å². The zero-order valence-electron chi connectivity index (χ0n) is 13.1. The molecule has 2 N–H and O–H groups in total. The molecular weight excluding hydrogens is 339 g/mol. The number of carbonyl (C=O) groups is 2. The van der Waals surface area contributed by atoms with Crippen molar-refractivity contribution in [3.8, 4) is 5.75 Å². The molecule has 0 saturated heterocycles. The van der Waals surface area contributed by atoms with E-state index in [9.17, 15) is 27.9 Å². The Kier molecular flexibility index (Phi) is 5.63. The van der Waals surface area contributed by atoms with Gasteiger partial charge in [0.05, 0.1) is 12.7 Å². The van der Waals surface area contributed by atoms with Crippen molar-refractivity contribution in [1.82, 2.24) is 5.32 Å². The Morgan fingerprint density at radius 3 is 2.32 bits per heavy atom. The molecule has 0 bridgehead atoms. The highest BCUT2D eigenvalue weighted by atomic mass is 19.2. The van der Waals surface area contributed by atoms with Gasteiger partial charge in [-0.2, -0.15) is 0 Å². The van der Waals surface area contributed by atoms with E-state index in [-0.39, 0.29) is 12.2 Å². The molecule has 1 amide bonds. The van der Waals surface area contributed by atoms with E-state index < -0.39 is 40.9 Å². The third-order valence-corrected chi connectivity index (χ3v) is 3.45. The van der Waals surface area contributed by atoms with Gasteiger partial charge in [0, 0.05) is 6.42 Å². The first-order valence-electron chi connectivity index (χ1n) is 7.13. The van der Waals surface area contributed by atoms with Gasteiger partial charge in [-0.15, -0.1) is 0 Å². The third-order valence-electron chi connectivity index (χ3n) is 3.45. The molecule has 2 aromatic carbocycles. The Bertz CT molecular complexity index is 793. The van der Waals surface area contributed by atoms with E-state index in [1.807, 2.05) is 0 Å². The first-order valence-corrected chi connectivity index (χ1v) is 7.13. The monoisotopic (exact) mass is 353 g/mol. The van der Waals surface area contributed by atoms with Crippen LogP contribution in [0.1, 0.15) is 15.9 Å². The van der Waals surface area contributed by atoms with E-state index in [2.05, 4.69) is 10.1 Å². The van der Waals surface area contributed by atoms with Crippen LogP contribution in [0.25, 0.3) is 0 Å². The van der Waals surface area contributed by atoms with Crippen molar-refractivity contribution in [2.75, 3.05) is 7.11 Å². The van der Waals surface area contributed by atoms with Crippen LogP contribution < -0.4 is 5.32 Å². The lowest BCUT2D eigenvalue weighted by atomic mass is 10.0. The Labute approximate surface area is 141 Å². The highest BCUT2D eigenvalue weighted by Gasteiger charge is 2.25. The van der Waals surface area contributed by atoms with Crippen LogP contribution in [0, 0.1) is 17.5 Å². The van der Waals surface area contributed by atoms with Crippen LogP contribution in [0.2, 0.25) is 0 Å². The number of methoxy groups -OCH3 is 1. The molecule has 0 aliphatic heterocycles. The standard InChI is InChI=1S/C17H14F3NO4/c1-25-17(24)13(8-9-2-4-10(22)5-3-9)21-16(23)11-6-7-12(18)15(20)14(11)19/h2-7,13,22H,8H2,1H3,(H,21,23). The minimum absolute atomic E-state index is 0.00993. The molecule has 2 aromatic rings. The van der Waals surface area contributed by atoms with Crippen LogP contribution >= 0.6 is 0 Å². The molecule has 25 heavy (non-hydrogen) atoms. The summed E-state index contributed by atoms with van der Waals surface area (Å²) in [5, 5.41) is 11.5. The zero-order chi connectivity index (χ0) is 18.6. The van der Waals surface area contributed by atoms with Gasteiger partial charge < -0.3 is 15.2 Å². The summed E-state index contributed by atoms with van der Waals surface area (Å²) in [6.45, 7) is 0. The summed E-state index contributed by atoms with van der Waals surface area (Å²) < 4.78 is 44.5. The summed E-state index contributed by atoms with van der Waals surface area (Å²) in [6, 6.07) is 6.03. The van der Waals surface area contributed by atoms with Crippen molar-refractivity contribution in [1.29, 1.82) is 0 Å². The van der Waals surface area contributed by atoms with E-state index in [1.54, 1.807) is 0 Å². The number of phenols is 1. The predicted molar refractivity (Wildman–Crippen MR) is 81.4 cm³/mol. The molecule has 0 aromatic heterocycles. The lowest BCUT2D eigenvalue weighted by Gasteiger charge is -2.17. The van der Waals surface area contributed by atoms with Gasteiger partial charge in [0.25, 0.3) is 5.91 Å². The fourth-order valence-corrected chi connectivity index (χ4v) is 2.14. The molecule has 2 rings (SSSR count). The number of halogens is 3. The van der Waals surface area contributed by atoms with Crippen molar-refractivity contribution in [2.45, 2.75) is 12.5 Å². The van der Waals surface area contributed by atoms with E-state index >= 15 is 0 Å². The van der Waals surface area contributed by atoms with Gasteiger partial charge in [0.15, 0.2) is 17.5 Å². The maximum atomic E-state index is 13.7. The second kappa shape index (κ2) is 7.69. The van der Waals surface area contributed by atoms with Crippen molar-refractivity contribution in [2.24, 2.45) is 0 Å². The predicted octanol–water partition coefficient (Wildman–Crippen LogP) is 2.32. The number of carbonyl (C=O) groups excluding carboxylic acids is 2. The maximum Gasteiger partial charge on any atom is 0.328 e. The first kappa shape index (κ1) is 18.3. The lowest BCUT2D eigenvalue weighted by Crippen LogP contribution is -2.43. The molecule has 1 atom stereocenters. The zero-order valence-corrected chi connectivity index (χ0v) is 13.1. The maximum absolute atomic E-state index is 13.7. The molecular formula is C17H14F3NO4. The number of rotatable bonds is 5. The van der Waals surface area contributed by atoms with Crippen LogP contribution in [-0.4, -0.2) is 30.1 Å². The fourth-order valence-electron chi connectivity index (χ4n) is 2.14. The average molecular weight is 353 g/mol. The van der Waals surface area contributed by atoms with Crippen LogP contribution in [0.3, 0.4) is 0 Å². The van der Waals surface area contributed by atoms with Crippen molar-refractivity contribution in [3.63, 3.8) is 0 Å². The number of esters is 1. The van der Waals surface area contributed by atoms with Crippen molar-refractivity contribution < 1.29 is 32.6 Å². The molecule has 0 aliphatic rings. The highest BCUT2D eigenvalue weighted by Crippen LogP contribution is 2.16. The quantitative estimate of drug-likeness (QED) is 0.639. The van der Waals surface area contributed by atoms with Crippen molar-refractivity contribution >= 4 is 11.9 Å². The lowest BCUT2D eigenvalue weighted by molar-refractivity contribution is -0.142. The number of aromatic hydroxyl groups is 1. The number of hydrogen-bond donors (Lipinski definition) is 2. The third kappa shape index (κ3) is 4.28. The molecule has 0 radical (unpaired) electrons. The van der Waals surface area contributed by atoms with Gasteiger partial charge in [-0.05, 0) is 29.8 Å². The summed E-state index contributed by atoms with van der Waals surface area (Å²) in [5.41, 5.74) is -0.155. The molecule has 132 valence electrons. The van der Waals surface area contributed by atoms with Crippen LogP contribution in [0.15, 0.2) is 36.4 Å². The Morgan fingerprint density at radius 2 is 1.72 bits per heavy atom. The second-order valence-corrected chi connectivity index (χ2v) is 5.14. The summed E-state index contributed by atoms with van der Waals surface area (Å²) >= 11 is 0. The fraction of sp³-hybridized carbons (Fsp3) is 0.176. The van der Waals surface area contributed by atoms with Crippen molar-refractivity contribution in [3.05, 3.63) is 65.0 Å². The molecule has 0 aliphatic carbocycles. The number of ether oxygens (including phenoxy) is 1. The van der Waals surface area contributed by atoms with E-state index in [1.165, 1.54) is 24.3 Å². The number of nitrogens with one attached hydrogen (secondary N) is 1. The smallest absolute Gasteiger partial charge is 0.328 e. The molecule has 0 heterocycles. The Balaban J connectivity index is 2.22. The number of benzene rings is 2. The molecule has 1 unspecified atom stereocenters. The highest BCUT2D eigenvalue weighted by molar-refractivity contribution is 5.97. The van der Waals surface area contributed by atoms with E-state index in [0.29, 0.717) is 11.6 Å². The average Bonchev–Trinajstić information content (AvgIpc) is 2.60. The largest absolute Gasteiger partial charge is 0.508 e. The molecule has 8 heteroatoms. The minimum atomic E-state index is -1.78. The van der Waals surface area contributed by atoms with Gasteiger partial charge in [-0.25, -0.2) is 18.0 Å². The summed E-state index contributed by atoms with van der Waals surface area (Å²) in [4.78, 5) is 24.0. The van der Waals surface area contributed by atoms with Gasteiger partial charge in [-0.1, -0.05) is 12.1 Å². The van der Waals surface area contributed by atoms with Crippen LogP contribution in [0.4, 0.5) is 13.2 Å².